The number of hydrogen-bond acceptors (Lipinski definition) is 13. The standard InChI is InChI=1S/C53H84N2O12/c1-12-54-41-31-45(35(5)28-39-22-24-43(56)46(29-39)64-10)66-52(61)42-20-16-17-25-55(42)51(60)50(59)53(62)38(8)21-23-40(67-53)30-44(63-9)33(3)19-15-13-14-18-32(2)26-36(6)47(57)49(65-11)48(58)37(7)27-34(41)4/h13-15,18-19,27,32,34-36,38-40,42-46,48-49,56,58,62H,12,16-17,20-26,28-31H2,1-11H3/b15-13+,18-14+,33-19+,37-27+,54-41?/t32?,34?,35?,36-,38-,39?,40?,42+,43?,44?,45?,46?,48?,49?,53?/m1/s1. The summed E-state index contributed by atoms with van der Waals surface area (Å²) in [7, 11) is 4.63. The minimum absolute atomic E-state index is 0.0473. The summed E-state index contributed by atoms with van der Waals surface area (Å²) < 4.78 is 29.9. The van der Waals surface area contributed by atoms with Crippen molar-refractivity contribution < 1.29 is 58.2 Å². The van der Waals surface area contributed by atoms with E-state index < -0.39 is 77.9 Å². The Morgan fingerprint density at radius 3 is 2.28 bits per heavy atom. The van der Waals surface area contributed by atoms with E-state index in [4.69, 9.17) is 28.7 Å². The molecule has 4 rings (SSSR count). The number of esters is 1. The summed E-state index contributed by atoms with van der Waals surface area (Å²) in [5.41, 5.74) is 2.17. The molecule has 0 radical (unpaired) electrons. The van der Waals surface area contributed by atoms with Crippen molar-refractivity contribution in [3.63, 3.8) is 0 Å². The van der Waals surface area contributed by atoms with E-state index in [2.05, 4.69) is 0 Å². The van der Waals surface area contributed by atoms with E-state index in [1.54, 1.807) is 28.1 Å². The average molecular weight is 941 g/mol. The lowest BCUT2D eigenvalue weighted by atomic mass is 9.78. The van der Waals surface area contributed by atoms with Crippen molar-refractivity contribution in [2.75, 3.05) is 34.4 Å². The molecular weight excluding hydrogens is 857 g/mol. The van der Waals surface area contributed by atoms with Gasteiger partial charge in [-0.2, -0.15) is 0 Å². The van der Waals surface area contributed by atoms with Crippen molar-refractivity contribution in [3.8, 4) is 0 Å². The Bertz CT molecular complexity index is 1810. The van der Waals surface area contributed by atoms with E-state index in [1.807, 2.05) is 78.0 Å². The Kier molecular flexibility index (Phi) is 22.3. The van der Waals surface area contributed by atoms with Gasteiger partial charge in [-0.25, -0.2) is 4.79 Å². The minimum Gasteiger partial charge on any atom is -0.460 e. The van der Waals surface area contributed by atoms with Gasteiger partial charge in [-0.1, -0.05) is 71.1 Å². The smallest absolute Gasteiger partial charge is 0.329 e. The second-order valence-corrected chi connectivity index (χ2v) is 20.1. The summed E-state index contributed by atoms with van der Waals surface area (Å²) in [6.07, 6.45) is 13.0. The number of carbonyl (C=O) groups excluding carboxylic acids is 4. The molecule has 0 aromatic heterocycles. The maximum atomic E-state index is 14.6. The zero-order chi connectivity index (χ0) is 49.6. The number of nitrogens with zero attached hydrogens (tertiary/aromatic N) is 2. The third-order valence-electron chi connectivity index (χ3n) is 14.9. The SMILES string of the molecule is CCN=C1CC(C(C)CC2CCC(O)C(OC)C2)OC(=O)[C@@H]2CCCCN2C(=O)C(=O)C2(O)OC(CC[C@H]2C)CC(OC)/C(C)=C/C=C/C=C/C(C)C[C@@H](C)C(=O)C(OC)C(O)/C(C)=C/C1C. The van der Waals surface area contributed by atoms with Crippen molar-refractivity contribution >= 4 is 29.2 Å². The summed E-state index contributed by atoms with van der Waals surface area (Å²) >= 11 is 0. The van der Waals surface area contributed by atoms with Gasteiger partial charge in [0, 0.05) is 70.7 Å². The van der Waals surface area contributed by atoms with Crippen molar-refractivity contribution in [1.82, 2.24) is 4.90 Å². The largest absolute Gasteiger partial charge is 0.460 e. The molecule has 378 valence electrons. The molecule has 0 aromatic rings. The quantitative estimate of drug-likeness (QED) is 0.134. The Hall–Kier alpha value is -3.37. The fraction of sp³-hybridized carbons (Fsp3) is 0.755. The molecule has 1 amide bonds. The molecule has 3 N–H and O–H groups in total. The second-order valence-electron chi connectivity index (χ2n) is 20.1. The van der Waals surface area contributed by atoms with Crippen LogP contribution < -0.4 is 0 Å². The third kappa shape index (κ3) is 15.1. The molecular formula is C53H84N2O12. The van der Waals surface area contributed by atoms with Crippen LogP contribution >= 0.6 is 0 Å². The molecule has 1 aliphatic carbocycles. The molecule has 1 saturated carbocycles. The van der Waals surface area contributed by atoms with E-state index in [-0.39, 0.29) is 54.9 Å². The number of aliphatic hydroxyl groups excluding tert-OH is 2. The zero-order valence-electron chi connectivity index (χ0n) is 42.4. The first-order valence-electron chi connectivity index (χ1n) is 25.0. The topological polar surface area (TPSA) is 191 Å². The van der Waals surface area contributed by atoms with Crippen LogP contribution in [0.4, 0.5) is 0 Å². The van der Waals surface area contributed by atoms with Crippen molar-refractivity contribution in [3.05, 3.63) is 47.6 Å². The lowest BCUT2D eigenvalue weighted by molar-refractivity contribution is -0.265. The molecule has 0 aromatic carbocycles. The Labute approximate surface area is 400 Å². The number of amides is 1. The monoisotopic (exact) mass is 941 g/mol. The number of aliphatic hydroxyl groups is 3. The number of ketones is 2. The number of carbonyl (C=O) groups is 4. The van der Waals surface area contributed by atoms with E-state index in [0.717, 1.165) is 17.7 Å². The minimum atomic E-state index is -2.40. The lowest BCUT2D eigenvalue weighted by Gasteiger charge is -2.42. The molecule has 14 nitrogen and oxygen atoms in total. The molecule has 4 aliphatic rings. The van der Waals surface area contributed by atoms with Crippen LogP contribution in [0, 0.1) is 35.5 Å². The fourth-order valence-electron chi connectivity index (χ4n) is 10.5. The molecule has 14 heteroatoms. The molecule has 67 heavy (non-hydrogen) atoms. The maximum Gasteiger partial charge on any atom is 0.329 e. The highest BCUT2D eigenvalue weighted by Crippen LogP contribution is 2.38. The van der Waals surface area contributed by atoms with Crippen LogP contribution in [0.25, 0.3) is 0 Å². The highest BCUT2D eigenvalue weighted by molar-refractivity contribution is 6.39. The number of rotatable bonds is 7. The van der Waals surface area contributed by atoms with Gasteiger partial charge in [-0.05, 0) is 114 Å². The third-order valence-corrected chi connectivity index (χ3v) is 14.9. The number of cyclic esters (lactones) is 1. The number of methoxy groups -OCH3 is 3. The van der Waals surface area contributed by atoms with E-state index in [9.17, 15) is 34.5 Å². The van der Waals surface area contributed by atoms with Gasteiger partial charge in [0.2, 0.25) is 5.79 Å². The molecule has 15 atom stereocenters. The van der Waals surface area contributed by atoms with Crippen LogP contribution in [0.1, 0.15) is 132 Å². The van der Waals surface area contributed by atoms with Gasteiger partial charge >= 0.3 is 5.97 Å². The maximum absolute atomic E-state index is 14.6. The normalized spacial score (nSPS) is 40.2. The molecule has 2 bridgehead atoms. The van der Waals surface area contributed by atoms with Crippen LogP contribution in [-0.2, 0) is 42.9 Å². The van der Waals surface area contributed by atoms with Gasteiger partial charge in [0.15, 0.2) is 5.78 Å². The molecule has 3 fully saturated rings. The molecule has 12 unspecified atom stereocenters. The van der Waals surface area contributed by atoms with Gasteiger partial charge in [0.25, 0.3) is 11.7 Å². The van der Waals surface area contributed by atoms with Gasteiger partial charge in [0.05, 0.1) is 24.4 Å². The van der Waals surface area contributed by atoms with Crippen LogP contribution in [0.15, 0.2) is 52.6 Å². The van der Waals surface area contributed by atoms with Gasteiger partial charge < -0.3 is 43.9 Å². The molecule has 3 aliphatic heterocycles. The van der Waals surface area contributed by atoms with E-state index in [0.29, 0.717) is 69.9 Å². The number of piperidine rings is 1. The number of Topliss-reactive ketones (excluding diaryl/α,β-unsaturated/α-hetero) is 2. The number of fused-ring (bicyclic) bond motifs is 3. The summed E-state index contributed by atoms with van der Waals surface area (Å²) in [4.78, 5) is 63.2. The van der Waals surface area contributed by atoms with Crippen LogP contribution in [0.5, 0.6) is 0 Å². The van der Waals surface area contributed by atoms with Crippen LogP contribution in [0.3, 0.4) is 0 Å². The van der Waals surface area contributed by atoms with Crippen LogP contribution in [0.2, 0.25) is 0 Å². The van der Waals surface area contributed by atoms with E-state index >= 15 is 0 Å². The van der Waals surface area contributed by atoms with Gasteiger partial charge in [-0.3, -0.25) is 19.4 Å². The Morgan fingerprint density at radius 2 is 1.61 bits per heavy atom. The van der Waals surface area contributed by atoms with Gasteiger partial charge in [-0.15, -0.1) is 0 Å². The van der Waals surface area contributed by atoms with E-state index in [1.165, 1.54) is 12.0 Å². The fourth-order valence-corrected chi connectivity index (χ4v) is 10.5. The number of allylic oxidation sites excluding steroid dienone is 6. The Morgan fingerprint density at radius 1 is 0.881 bits per heavy atom. The summed E-state index contributed by atoms with van der Waals surface area (Å²) in [5, 5.41) is 34.2. The van der Waals surface area contributed by atoms with Crippen molar-refractivity contribution in [1.29, 1.82) is 0 Å². The molecule has 0 spiro atoms. The number of aliphatic imine (C=N–C) groups is 1. The van der Waals surface area contributed by atoms with Crippen molar-refractivity contribution in [2.45, 2.75) is 187 Å². The molecule has 2 saturated heterocycles. The first kappa shape index (κ1) is 56.2. The number of ether oxygens (including phenoxy) is 5. The molecule has 3 heterocycles. The second kappa shape index (κ2) is 26.6. The zero-order valence-corrected chi connectivity index (χ0v) is 42.4. The summed E-state index contributed by atoms with van der Waals surface area (Å²) in [5.74, 6) is -6.69. The summed E-state index contributed by atoms with van der Waals surface area (Å²) in [6.45, 7) is 15.8. The van der Waals surface area contributed by atoms with Gasteiger partial charge in [0.1, 0.15) is 24.4 Å². The predicted molar refractivity (Wildman–Crippen MR) is 258 cm³/mol. The first-order valence-corrected chi connectivity index (χ1v) is 25.0. The average Bonchev–Trinajstić information content (AvgIpc) is 3.30. The number of hydrogen-bond donors (Lipinski definition) is 3. The first-order chi connectivity index (χ1) is 31.8. The van der Waals surface area contributed by atoms with Crippen molar-refractivity contribution in [2.24, 2.45) is 40.5 Å². The predicted octanol–water partition coefficient (Wildman–Crippen LogP) is 7.07. The highest BCUT2D eigenvalue weighted by Gasteiger charge is 2.53. The highest BCUT2D eigenvalue weighted by atomic mass is 16.6. The Balaban J connectivity index is 1.75. The van der Waals surface area contributed by atoms with Crippen LogP contribution in [-0.4, -0.2) is 138 Å². The summed E-state index contributed by atoms with van der Waals surface area (Å²) in [6, 6.07) is -1.07. The lowest BCUT2D eigenvalue weighted by Crippen LogP contribution is -2.61.